The van der Waals surface area contributed by atoms with Gasteiger partial charge in [0.1, 0.15) is 18.5 Å². The summed E-state index contributed by atoms with van der Waals surface area (Å²) in [6, 6.07) is 5.02. The first-order valence-corrected chi connectivity index (χ1v) is 7.60. The summed E-state index contributed by atoms with van der Waals surface area (Å²) in [6.45, 7) is 7.04. The van der Waals surface area contributed by atoms with Crippen LogP contribution in [0.4, 0.5) is 0 Å². The Morgan fingerprint density at radius 3 is 2.70 bits per heavy atom. The normalized spacial score (nSPS) is 13.3. The molecule has 20 heavy (non-hydrogen) atoms. The van der Waals surface area contributed by atoms with E-state index in [2.05, 4.69) is 26.1 Å². The van der Waals surface area contributed by atoms with Crippen LogP contribution in [0.2, 0.25) is 10.0 Å². The summed E-state index contributed by atoms with van der Waals surface area (Å²) in [7, 11) is 0. The molecule has 1 aromatic rings. The van der Waals surface area contributed by atoms with Gasteiger partial charge < -0.3 is 15.2 Å². The highest BCUT2D eigenvalue weighted by atomic mass is 35.5. The molecule has 0 aliphatic carbocycles. The molecule has 0 radical (unpaired) electrons. The Balaban J connectivity index is 2.40. The van der Waals surface area contributed by atoms with Gasteiger partial charge in [-0.25, -0.2) is 0 Å². The van der Waals surface area contributed by atoms with Gasteiger partial charge in [0.05, 0.1) is 5.02 Å². The summed E-state index contributed by atoms with van der Waals surface area (Å²) in [5, 5.41) is 14.3. The maximum atomic E-state index is 9.94. The lowest BCUT2D eigenvalue weighted by molar-refractivity contribution is 0.0981. The number of nitrogens with one attached hydrogen (secondary N) is 1. The number of aliphatic hydroxyl groups is 1. The van der Waals surface area contributed by atoms with Crippen molar-refractivity contribution in [1.29, 1.82) is 0 Å². The first-order chi connectivity index (χ1) is 9.34. The molecule has 3 nitrogen and oxygen atoms in total. The Labute approximate surface area is 131 Å². The fourth-order valence-electron chi connectivity index (χ4n) is 1.94. The van der Waals surface area contributed by atoms with Crippen LogP contribution in [0.15, 0.2) is 18.2 Å². The van der Waals surface area contributed by atoms with Crippen molar-refractivity contribution in [1.82, 2.24) is 5.32 Å². The van der Waals surface area contributed by atoms with Crippen LogP contribution in [0.25, 0.3) is 0 Å². The smallest absolute Gasteiger partial charge is 0.139 e. The average molecular weight is 320 g/mol. The summed E-state index contributed by atoms with van der Waals surface area (Å²) >= 11 is 11.9. The predicted molar refractivity (Wildman–Crippen MR) is 85.0 cm³/mol. The molecule has 0 saturated carbocycles. The lowest BCUT2D eigenvalue weighted by Gasteiger charge is -2.27. The minimum absolute atomic E-state index is 0.0173. The maximum absolute atomic E-state index is 9.94. The SMILES string of the molecule is CCCC(C)(C)NCC(O)COc1cc(Cl)ccc1Cl. The highest BCUT2D eigenvalue weighted by Crippen LogP contribution is 2.27. The Hall–Kier alpha value is -0.480. The Morgan fingerprint density at radius 2 is 2.05 bits per heavy atom. The second kappa shape index (κ2) is 8.08. The largest absolute Gasteiger partial charge is 0.489 e. The third-order valence-corrected chi connectivity index (χ3v) is 3.56. The molecule has 1 unspecified atom stereocenters. The van der Waals surface area contributed by atoms with Crippen molar-refractivity contribution >= 4 is 23.2 Å². The monoisotopic (exact) mass is 319 g/mol. The topological polar surface area (TPSA) is 41.5 Å². The van der Waals surface area contributed by atoms with Crippen LogP contribution >= 0.6 is 23.2 Å². The van der Waals surface area contributed by atoms with Gasteiger partial charge in [-0.1, -0.05) is 36.5 Å². The van der Waals surface area contributed by atoms with E-state index in [1.54, 1.807) is 18.2 Å². The van der Waals surface area contributed by atoms with E-state index in [0.29, 0.717) is 22.3 Å². The molecule has 1 atom stereocenters. The number of ether oxygens (including phenoxy) is 1. The van der Waals surface area contributed by atoms with E-state index in [1.165, 1.54) is 0 Å². The van der Waals surface area contributed by atoms with E-state index in [0.717, 1.165) is 12.8 Å². The van der Waals surface area contributed by atoms with Crippen molar-refractivity contribution in [3.8, 4) is 5.75 Å². The molecule has 0 bridgehead atoms. The first kappa shape index (κ1) is 17.6. The van der Waals surface area contributed by atoms with Crippen molar-refractivity contribution < 1.29 is 9.84 Å². The molecular formula is C15H23Cl2NO2. The van der Waals surface area contributed by atoms with Crippen molar-refractivity contribution in [3.05, 3.63) is 28.2 Å². The summed E-state index contributed by atoms with van der Waals surface area (Å²) in [5.74, 6) is 0.492. The second-order valence-corrected chi connectivity index (χ2v) is 6.40. The molecule has 114 valence electrons. The number of aliphatic hydroxyl groups excluding tert-OH is 1. The fourth-order valence-corrected chi connectivity index (χ4v) is 2.27. The molecule has 5 heteroatoms. The van der Waals surface area contributed by atoms with Gasteiger partial charge in [-0.05, 0) is 32.4 Å². The minimum Gasteiger partial charge on any atom is -0.489 e. The molecule has 0 aromatic heterocycles. The number of benzene rings is 1. The number of hydrogen-bond acceptors (Lipinski definition) is 3. The lowest BCUT2D eigenvalue weighted by Crippen LogP contribution is -2.44. The lowest BCUT2D eigenvalue weighted by atomic mass is 9.99. The number of hydrogen-bond donors (Lipinski definition) is 2. The van der Waals surface area contributed by atoms with E-state index in [-0.39, 0.29) is 12.1 Å². The summed E-state index contributed by atoms with van der Waals surface area (Å²) in [4.78, 5) is 0. The van der Waals surface area contributed by atoms with Gasteiger partial charge in [0, 0.05) is 23.2 Å². The second-order valence-electron chi connectivity index (χ2n) is 5.55. The van der Waals surface area contributed by atoms with Gasteiger partial charge >= 0.3 is 0 Å². The van der Waals surface area contributed by atoms with E-state index in [9.17, 15) is 5.11 Å². The van der Waals surface area contributed by atoms with Crippen LogP contribution in [0.1, 0.15) is 33.6 Å². The van der Waals surface area contributed by atoms with Crippen LogP contribution in [0.5, 0.6) is 5.75 Å². The zero-order valence-corrected chi connectivity index (χ0v) is 13.8. The van der Waals surface area contributed by atoms with E-state index >= 15 is 0 Å². The van der Waals surface area contributed by atoms with E-state index < -0.39 is 6.10 Å². The maximum Gasteiger partial charge on any atom is 0.139 e. The molecule has 0 saturated heterocycles. The van der Waals surface area contributed by atoms with Gasteiger partial charge in [0.15, 0.2) is 0 Å². The standard InChI is InChI=1S/C15H23Cl2NO2/c1-4-7-15(2,3)18-9-12(19)10-20-14-8-11(16)5-6-13(14)17/h5-6,8,12,18-19H,4,7,9-10H2,1-3H3. The van der Waals surface area contributed by atoms with E-state index in [4.69, 9.17) is 27.9 Å². The van der Waals surface area contributed by atoms with Crippen LogP contribution in [-0.4, -0.2) is 29.9 Å². The number of halogens is 2. The Morgan fingerprint density at radius 1 is 1.35 bits per heavy atom. The zero-order chi connectivity index (χ0) is 15.2. The molecule has 2 N–H and O–H groups in total. The molecule has 0 spiro atoms. The van der Waals surface area contributed by atoms with Gasteiger partial charge in [-0.15, -0.1) is 0 Å². The van der Waals surface area contributed by atoms with Crippen molar-refractivity contribution in [2.24, 2.45) is 0 Å². The zero-order valence-electron chi connectivity index (χ0n) is 12.2. The molecule has 0 heterocycles. The quantitative estimate of drug-likeness (QED) is 0.763. The van der Waals surface area contributed by atoms with Crippen molar-refractivity contribution in [2.75, 3.05) is 13.2 Å². The Bertz CT molecular complexity index is 424. The van der Waals surface area contributed by atoms with Crippen molar-refractivity contribution in [2.45, 2.75) is 45.3 Å². The van der Waals surface area contributed by atoms with Crippen LogP contribution in [0.3, 0.4) is 0 Å². The number of rotatable bonds is 8. The molecule has 1 aromatic carbocycles. The predicted octanol–water partition coefficient (Wildman–Crippen LogP) is 3.90. The van der Waals surface area contributed by atoms with Crippen molar-refractivity contribution in [3.63, 3.8) is 0 Å². The van der Waals surface area contributed by atoms with Crippen LogP contribution < -0.4 is 10.1 Å². The van der Waals surface area contributed by atoms with E-state index in [1.807, 2.05) is 0 Å². The number of β-amino-alcohol motifs (C(OH)–C–C–N with tert-alkyl or cyclic N) is 1. The first-order valence-electron chi connectivity index (χ1n) is 6.85. The van der Waals surface area contributed by atoms with Gasteiger partial charge in [-0.2, -0.15) is 0 Å². The highest BCUT2D eigenvalue weighted by Gasteiger charge is 2.17. The highest BCUT2D eigenvalue weighted by molar-refractivity contribution is 6.34. The summed E-state index contributed by atoms with van der Waals surface area (Å²) in [5.41, 5.74) is 0.0173. The Kier molecular flexibility index (Phi) is 7.10. The van der Waals surface area contributed by atoms with Crippen LogP contribution in [-0.2, 0) is 0 Å². The van der Waals surface area contributed by atoms with Crippen LogP contribution in [0, 0.1) is 0 Å². The van der Waals surface area contributed by atoms with Gasteiger partial charge in [0.25, 0.3) is 0 Å². The van der Waals surface area contributed by atoms with Gasteiger partial charge in [0.2, 0.25) is 0 Å². The summed E-state index contributed by atoms with van der Waals surface area (Å²) < 4.78 is 5.50. The molecule has 0 fully saturated rings. The molecule has 0 aliphatic heterocycles. The molecular weight excluding hydrogens is 297 g/mol. The minimum atomic E-state index is -0.596. The summed E-state index contributed by atoms with van der Waals surface area (Å²) in [6.07, 6.45) is 1.56. The molecule has 1 rings (SSSR count). The third kappa shape index (κ3) is 6.31. The molecule has 0 aliphatic rings. The molecule has 0 amide bonds. The fraction of sp³-hybridized carbons (Fsp3) is 0.600. The average Bonchev–Trinajstić information content (AvgIpc) is 2.37. The third-order valence-electron chi connectivity index (χ3n) is 3.02. The van der Waals surface area contributed by atoms with Gasteiger partial charge in [-0.3, -0.25) is 0 Å².